The quantitative estimate of drug-likeness (QED) is 0.222. The number of carbonyl (C=O) groups excluding carboxylic acids is 3. The molecule has 8 heteroatoms. The van der Waals surface area contributed by atoms with Gasteiger partial charge in [0.05, 0.1) is 33.6 Å². The average Bonchev–Trinajstić information content (AvgIpc) is 3.50. The number of Topliss-reactive ketones (excluding diaryl/α,β-unsaturated/α-hetero) is 3. The molecule has 4 aromatic rings. The molecule has 0 unspecified atom stereocenters. The molecule has 8 nitrogen and oxygen atoms in total. The van der Waals surface area contributed by atoms with E-state index in [0.717, 1.165) is 11.1 Å². The van der Waals surface area contributed by atoms with Gasteiger partial charge >= 0.3 is 0 Å². The number of methoxy groups -OCH3 is 3. The summed E-state index contributed by atoms with van der Waals surface area (Å²) >= 11 is 0. The molecular formula is C35H28N2O6. The van der Waals surface area contributed by atoms with Crippen molar-refractivity contribution in [2.75, 3.05) is 21.3 Å². The van der Waals surface area contributed by atoms with Crippen LogP contribution < -0.4 is 14.2 Å². The molecule has 4 aromatic carbocycles. The van der Waals surface area contributed by atoms with Crippen molar-refractivity contribution in [3.8, 4) is 17.2 Å². The molecule has 2 aliphatic heterocycles. The van der Waals surface area contributed by atoms with Gasteiger partial charge in [-0.05, 0) is 53.1 Å². The number of hydrogen-bond acceptors (Lipinski definition) is 8. The summed E-state index contributed by atoms with van der Waals surface area (Å²) in [6, 6.07) is 24.8. The van der Waals surface area contributed by atoms with Crippen LogP contribution in [0.3, 0.4) is 0 Å². The van der Waals surface area contributed by atoms with Crippen LogP contribution in [-0.2, 0) is 0 Å². The molecular weight excluding hydrogens is 544 g/mol. The van der Waals surface area contributed by atoms with Crippen LogP contribution in [0.1, 0.15) is 59.7 Å². The van der Waals surface area contributed by atoms with E-state index in [2.05, 4.69) is 0 Å². The maximum atomic E-state index is 14.9. The number of hydrazone groups is 1. The molecule has 43 heavy (non-hydrogen) atoms. The highest BCUT2D eigenvalue weighted by Crippen LogP contribution is 2.65. The van der Waals surface area contributed by atoms with Crippen LogP contribution in [0.15, 0.2) is 96.1 Å². The lowest BCUT2D eigenvalue weighted by atomic mass is 9.63. The molecule has 0 radical (unpaired) electrons. The molecule has 0 bridgehead atoms. The van der Waals surface area contributed by atoms with E-state index in [1.54, 1.807) is 85.1 Å². The molecule has 1 fully saturated rings. The van der Waals surface area contributed by atoms with Gasteiger partial charge < -0.3 is 14.2 Å². The largest absolute Gasteiger partial charge is 0.497 e. The number of carbonyl (C=O) groups is 3. The fourth-order valence-corrected chi connectivity index (χ4v) is 7.12. The Labute approximate surface area is 248 Å². The standard InChI is InChI=1S/C35H28N2O6/c1-41-23-15-12-20(13-16-23)31(38)30-29(21-14-17-27(42-2)28(18-21)43-3)35(33(39)25-10-6-7-11-26(25)34(35)40)32-24-9-5-4-8-22(24)19-36-37(30)32/h4-19,29-30,32H,1-3H3/t29-,30+,32-/m0/s1. The number of ketones is 3. The smallest absolute Gasteiger partial charge is 0.187 e. The van der Waals surface area contributed by atoms with E-state index in [4.69, 9.17) is 19.3 Å². The fraction of sp³-hybridized carbons (Fsp3) is 0.200. The summed E-state index contributed by atoms with van der Waals surface area (Å²) in [5.74, 6) is -0.297. The van der Waals surface area contributed by atoms with Gasteiger partial charge in [0.15, 0.2) is 28.8 Å². The zero-order valence-corrected chi connectivity index (χ0v) is 23.8. The van der Waals surface area contributed by atoms with Crippen LogP contribution in [0.25, 0.3) is 0 Å². The normalized spacial score (nSPS) is 20.9. The third-order valence-electron chi connectivity index (χ3n) is 8.99. The monoisotopic (exact) mass is 572 g/mol. The van der Waals surface area contributed by atoms with E-state index < -0.39 is 23.4 Å². The molecule has 0 N–H and O–H groups in total. The predicted octanol–water partition coefficient (Wildman–Crippen LogP) is 5.52. The van der Waals surface area contributed by atoms with Crippen molar-refractivity contribution in [3.05, 3.63) is 124 Å². The summed E-state index contributed by atoms with van der Waals surface area (Å²) in [7, 11) is 4.62. The van der Waals surface area contributed by atoms with Crippen LogP contribution in [0.5, 0.6) is 17.2 Å². The topological polar surface area (TPSA) is 94.5 Å². The summed E-state index contributed by atoms with van der Waals surface area (Å²) in [5, 5.41) is 6.48. The van der Waals surface area contributed by atoms with Gasteiger partial charge in [-0.1, -0.05) is 54.6 Å². The molecule has 1 aliphatic carbocycles. The van der Waals surface area contributed by atoms with Crippen molar-refractivity contribution in [3.63, 3.8) is 0 Å². The summed E-state index contributed by atoms with van der Waals surface area (Å²) in [6.07, 6.45) is 1.70. The first kappa shape index (κ1) is 26.6. The van der Waals surface area contributed by atoms with E-state index in [1.807, 2.05) is 24.3 Å². The molecule has 0 saturated carbocycles. The zero-order chi connectivity index (χ0) is 29.9. The fourth-order valence-electron chi connectivity index (χ4n) is 7.12. The van der Waals surface area contributed by atoms with Crippen LogP contribution in [0.2, 0.25) is 0 Å². The Bertz CT molecular complexity index is 1790. The molecule has 3 atom stereocenters. The lowest BCUT2D eigenvalue weighted by Crippen LogP contribution is -2.43. The molecule has 3 aliphatic rings. The summed E-state index contributed by atoms with van der Waals surface area (Å²) in [4.78, 5) is 44.4. The van der Waals surface area contributed by atoms with E-state index in [-0.39, 0.29) is 17.3 Å². The van der Waals surface area contributed by atoms with Crippen LogP contribution >= 0.6 is 0 Å². The molecule has 0 aromatic heterocycles. The third-order valence-corrected chi connectivity index (χ3v) is 8.99. The van der Waals surface area contributed by atoms with Gasteiger partial charge in [-0.2, -0.15) is 5.10 Å². The third kappa shape index (κ3) is 3.62. The maximum Gasteiger partial charge on any atom is 0.187 e. The van der Waals surface area contributed by atoms with Gasteiger partial charge in [0.25, 0.3) is 0 Å². The molecule has 1 spiro atoms. The molecule has 0 amide bonds. The van der Waals surface area contributed by atoms with Crippen LogP contribution in [0, 0.1) is 5.41 Å². The second-order valence-corrected chi connectivity index (χ2v) is 10.9. The van der Waals surface area contributed by atoms with Gasteiger partial charge in [-0.25, -0.2) is 0 Å². The van der Waals surface area contributed by atoms with E-state index in [1.165, 1.54) is 14.2 Å². The van der Waals surface area contributed by atoms with E-state index in [9.17, 15) is 14.4 Å². The van der Waals surface area contributed by atoms with Gasteiger partial charge in [0.1, 0.15) is 17.2 Å². The minimum absolute atomic E-state index is 0.266. The zero-order valence-electron chi connectivity index (χ0n) is 23.8. The molecule has 7 rings (SSSR count). The lowest BCUT2D eigenvalue weighted by Gasteiger charge is -2.36. The Morgan fingerprint density at radius 1 is 0.767 bits per heavy atom. The molecule has 214 valence electrons. The van der Waals surface area contributed by atoms with Gasteiger partial charge in [0, 0.05) is 22.6 Å². The van der Waals surface area contributed by atoms with Gasteiger partial charge in [0.2, 0.25) is 0 Å². The number of benzene rings is 4. The number of fused-ring (bicyclic) bond motifs is 5. The van der Waals surface area contributed by atoms with Gasteiger partial charge in [-0.15, -0.1) is 0 Å². The predicted molar refractivity (Wildman–Crippen MR) is 160 cm³/mol. The maximum absolute atomic E-state index is 14.9. The second kappa shape index (κ2) is 9.94. The van der Waals surface area contributed by atoms with Crippen molar-refractivity contribution >= 4 is 23.6 Å². The highest BCUT2D eigenvalue weighted by Gasteiger charge is 2.72. The number of hydrogen-bond donors (Lipinski definition) is 0. The minimum atomic E-state index is -1.68. The summed E-state index contributed by atoms with van der Waals surface area (Å²) < 4.78 is 16.5. The van der Waals surface area contributed by atoms with Crippen molar-refractivity contribution in [1.29, 1.82) is 0 Å². The Hall–Kier alpha value is -5.24. The lowest BCUT2D eigenvalue weighted by molar-refractivity contribution is 0.0586. The van der Waals surface area contributed by atoms with Crippen molar-refractivity contribution in [2.45, 2.75) is 18.0 Å². The van der Waals surface area contributed by atoms with E-state index in [0.29, 0.717) is 39.5 Å². The average molecular weight is 573 g/mol. The number of ether oxygens (including phenoxy) is 3. The first-order valence-electron chi connectivity index (χ1n) is 14.0. The summed E-state index contributed by atoms with van der Waals surface area (Å²) in [6.45, 7) is 0. The van der Waals surface area contributed by atoms with Crippen LogP contribution in [0.4, 0.5) is 0 Å². The number of rotatable bonds is 6. The van der Waals surface area contributed by atoms with Crippen molar-refractivity contribution in [1.82, 2.24) is 5.01 Å². The first-order chi connectivity index (χ1) is 20.9. The Kier molecular flexibility index (Phi) is 6.16. The van der Waals surface area contributed by atoms with Crippen molar-refractivity contribution in [2.24, 2.45) is 10.5 Å². The molecule has 2 heterocycles. The minimum Gasteiger partial charge on any atom is -0.497 e. The number of nitrogens with zero attached hydrogens (tertiary/aromatic N) is 2. The highest BCUT2D eigenvalue weighted by atomic mass is 16.5. The summed E-state index contributed by atoms with van der Waals surface area (Å²) in [5.41, 5.74) is 1.60. The Balaban J connectivity index is 1.54. The SMILES string of the molecule is COc1ccc(C(=O)[C@H]2[C@H](c3ccc(OC)c(OC)c3)C3(C(=O)c4ccccc4C3=O)[C@@H]3c4ccccc4C=NN32)cc1. The first-order valence-corrected chi connectivity index (χ1v) is 14.0. The Morgan fingerprint density at radius 2 is 1.42 bits per heavy atom. The Morgan fingerprint density at radius 3 is 2.07 bits per heavy atom. The second-order valence-electron chi connectivity index (χ2n) is 10.9. The van der Waals surface area contributed by atoms with E-state index >= 15 is 0 Å². The molecule has 1 saturated heterocycles. The van der Waals surface area contributed by atoms with Crippen LogP contribution in [-0.4, -0.2) is 55.9 Å². The highest BCUT2D eigenvalue weighted by molar-refractivity contribution is 6.31. The van der Waals surface area contributed by atoms with Crippen molar-refractivity contribution < 1.29 is 28.6 Å². The van der Waals surface area contributed by atoms with Gasteiger partial charge in [-0.3, -0.25) is 19.4 Å².